The van der Waals surface area contributed by atoms with Gasteiger partial charge in [0, 0.05) is 13.1 Å². The number of nitrogens with one attached hydrogen (secondary N) is 3. The van der Waals surface area contributed by atoms with Gasteiger partial charge in [0.15, 0.2) is 0 Å². The average molecular weight is 509 g/mol. The Kier molecular flexibility index (Phi) is 5.88. The Balaban J connectivity index is 1.46. The van der Waals surface area contributed by atoms with Crippen molar-refractivity contribution in [3.63, 3.8) is 0 Å². The molecule has 2 atom stereocenters. The van der Waals surface area contributed by atoms with Crippen molar-refractivity contribution >= 4 is 33.0 Å². The van der Waals surface area contributed by atoms with E-state index in [0.717, 1.165) is 11.3 Å². The summed E-state index contributed by atoms with van der Waals surface area (Å²) in [6.45, 7) is 0.465. The molecule has 1 saturated heterocycles. The number of aromatic nitrogens is 2. The summed E-state index contributed by atoms with van der Waals surface area (Å²) >= 11 is 1.06. The van der Waals surface area contributed by atoms with Crippen LogP contribution in [0.1, 0.15) is 24.3 Å². The van der Waals surface area contributed by atoms with Crippen LogP contribution < -0.4 is 16.0 Å². The van der Waals surface area contributed by atoms with Gasteiger partial charge in [-0.05, 0) is 29.9 Å². The van der Waals surface area contributed by atoms with Gasteiger partial charge in [0.2, 0.25) is 17.6 Å². The fourth-order valence-corrected chi connectivity index (χ4v) is 5.31. The van der Waals surface area contributed by atoms with Crippen molar-refractivity contribution < 1.29 is 26.9 Å². The van der Waals surface area contributed by atoms with Gasteiger partial charge in [-0.3, -0.25) is 4.79 Å². The SMILES string of the molecule is N#CC1(C(=O)NCc2nc(-c3sc4c(NC5CNCC5F)cccc4c3CC(F)(F)F)no2)CC1. The van der Waals surface area contributed by atoms with Crippen LogP contribution in [-0.4, -0.2) is 47.5 Å². The van der Waals surface area contributed by atoms with Gasteiger partial charge in [-0.1, -0.05) is 17.3 Å². The predicted octanol–water partition coefficient (Wildman–Crippen LogP) is 3.70. The molecule has 8 nitrogen and oxygen atoms in total. The second-order valence-electron chi connectivity index (χ2n) is 8.70. The third-order valence-corrected chi connectivity index (χ3v) is 7.42. The molecule has 2 aliphatic rings. The lowest BCUT2D eigenvalue weighted by Gasteiger charge is -2.16. The number of nitrogens with zero attached hydrogens (tertiary/aromatic N) is 3. The lowest BCUT2D eigenvalue weighted by Crippen LogP contribution is -2.30. The molecule has 35 heavy (non-hydrogen) atoms. The Labute approximate surface area is 200 Å². The van der Waals surface area contributed by atoms with Crippen LogP contribution in [0.2, 0.25) is 0 Å². The Morgan fingerprint density at radius 1 is 1.34 bits per heavy atom. The molecule has 1 aliphatic heterocycles. The van der Waals surface area contributed by atoms with Crippen LogP contribution in [0.15, 0.2) is 22.7 Å². The molecule has 2 fully saturated rings. The zero-order chi connectivity index (χ0) is 24.8. The highest BCUT2D eigenvalue weighted by Crippen LogP contribution is 2.45. The van der Waals surface area contributed by atoms with Crippen molar-refractivity contribution in [2.24, 2.45) is 5.41 Å². The van der Waals surface area contributed by atoms with Gasteiger partial charge in [-0.2, -0.15) is 23.4 Å². The summed E-state index contributed by atoms with van der Waals surface area (Å²) in [6, 6.07) is 6.39. The molecule has 1 aromatic carbocycles. The van der Waals surface area contributed by atoms with Gasteiger partial charge in [0.25, 0.3) is 0 Å². The molecule has 3 N–H and O–H groups in total. The first-order valence-electron chi connectivity index (χ1n) is 10.9. The molecule has 1 aliphatic carbocycles. The molecule has 0 radical (unpaired) electrons. The van der Waals surface area contributed by atoms with E-state index < -0.39 is 36.1 Å². The van der Waals surface area contributed by atoms with E-state index in [1.807, 2.05) is 6.07 Å². The molecule has 184 valence electrons. The van der Waals surface area contributed by atoms with Crippen molar-refractivity contribution in [2.75, 3.05) is 18.4 Å². The van der Waals surface area contributed by atoms with E-state index in [1.165, 1.54) is 0 Å². The summed E-state index contributed by atoms with van der Waals surface area (Å²) in [5, 5.41) is 21.9. The minimum atomic E-state index is -4.48. The number of hydrogen-bond donors (Lipinski definition) is 3. The second-order valence-corrected chi connectivity index (χ2v) is 9.72. The molecule has 3 aromatic rings. The minimum Gasteiger partial charge on any atom is -0.377 e. The van der Waals surface area contributed by atoms with Gasteiger partial charge in [-0.25, -0.2) is 4.39 Å². The summed E-state index contributed by atoms with van der Waals surface area (Å²) in [5.41, 5.74) is -0.494. The fourth-order valence-electron chi connectivity index (χ4n) is 4.09. The zero-order valence-electron chi connectivity index (χ0n) is 18.2. The monoisotopic (exact) mass is 508 g/mol. The van der Waals surface area contributed by atoms with Crippen LogP contribution in [0.5, 0.6) is 0 Å². The number of alkyl halides is 4. The highest BCUT2D eigenvalue weighted by molar-refractivity contribution is 7.23. The lowest BCUT2D eigenvalue weighted by atomic mass is 10.1. The molecule has 13 heteroatoms. The normalized spacial score (nSPS) is 21.1. The number of hydrogen-bond acceptors (Lipinski definition) is 8. The topological polar surface area (TPSA) is 116 Å². The Morgan fingerprint density at radius 3 is 2.80 bits per heavy atom. The van der Waals surface area contributed by atoms with Crippen LogP contribution in [0.3, 0.4) is 0 Å². The summed E-state index contributed by atoms with van der Waals surface area (Å²) in [4.78, 5) is 16.5. The van der Waals surface area contributed by atoms with Gasteiger partial charge in [0.05, 0.1) is 40.3 Å². The highest BCUT2D eigenvalue weighted by atomic mass is 32.1. The zero-order valence-corrected chi connectivity index (χ0v) is 19.0. The van der Waals surface area contributed by atoms with Crippen molar-refractivity contribution in [3.05, 3.63) is 29.7 Å². The standard InChI is InChI=1S/C22H20F4N6O2S/c23-13-7-28-8-15(13)30-14-3-1-2-11-12(6-22(24,25)26)18(35-17(11)14)19-31-16(34-32-19)9-29-20(33)21(10-27)4-5-21/h1-3,13,15,28,30H,4-9H2,(H,29,33). The largest absolute Gasteiger partial charge is 0.393 e. The first kappa shape index (κ1) is 23.5. The number of carbonyl (C=O) groups excluding carboxylic acids is 1. The molecule has 0 spiro atoms. The second kappa shape index (κ2) is 8.76. The highest BCUT2D eigenvalue weighted by Gasteiger charge is 2.50. The molecular weight excluding hydrogens is 488 g/mol. The number of thiophene rings is 1. The van der Waals surface area contributed by atoms with Gasteiger partial charge in [0.1, 0.15) is 11.6 Å². The Hall–Kier alpha value is -3.24. The summed E-state index contributed by atoms with van der Waals surface area (Å²) in [7, 11) is 0. The van der Waals surface area contributed by atoms with Crippen molar-refractivity contribution in [1.29, 1.82) is 5.26 Å². The maximum absolute atomic E-state index is 14.1. The van der Waals surface area contributed by atoms with Crippen LogP contribution in [0, 0.1) is 16.7 Å². The van der Waals surface area contributed by atoms with E-state index in [0.29, 0.717) is 35.2 Å². The Morgan fingerprint density at radius 2 is 2.14 bits per heavy atom. The lowest BCUT2D eigenvalue weighted by molar-refractivity contribution is -0.127. The maximum atomic E-state index is 14.1. The van der Waals surface area contributed by atoms with Crippen molar-refractivity contribution in [1.82, 2.24) is 20.8 Å². The smallest absolute Gasteiger partial charge is 0.377 e. The molecule has 3 heterocycles. The predicted molar refractivity (Wildman–Crippen MR) is 119 cm³/mol. The maximum Gasteiger partial charge on any atom is 0.393 e. The molecule has 0 bridgehead atoms. The molecule has 2 unspecified atom stereocenters. The first-order chi connectivity index (χ1) is 16.7. The number of halogens is 4. The molecule has 5 rings (SSSR count). The number of benzene rings is 1. The molecule has 2 aromatic heterocycles. The molecule has 1 amide bonds. The minimum absolute atomic E-state index is 0.000273. The quantitative estimate of drug-likeness (QED) is 0.417. The first-order valence-corrected chi connectivity index (χ1v) is 11.8. The molecule has 1 saturated carbocycles. The van der Waals surface area contributed by atoms with Crippen LogP contribution in [-0.2, 0) is 17.8 Å². The third kappa shape index (κ3) is 4.68. The van der Waals surface area contributed by atoms with E-state index in [2.05, 4.69) is 26.1 Å². The number of amides is 1. The fraction of sp³-hybridized carbons (Fsp3) is 0.455. The number of carbonyl (C=O) groups is 1. The van der Waals surface area contributed by atoms with E-state index in [-0.39, 0.29) is 35.2 Å². The van der Waals surface area contributed by atoms with Gasteiger partial charge >= 0.3 is 6.18 Å². The third-order valence-electron chi connectivity index (χ3n) is 6.15. The number of nitriles is 1. The number of anilines is 1. The van der Waals surface area contributed by atoms with E-state index >= 15 is 0 Å². The summed E-state index contributed by atoms with van der Waals surface area (Å²) in [6.07, 6.45) is -5.85. The van der Waals surface area contributed by atoms with E-state index in [9.17, 15) is 22.4 Å². The van der Waals surface area contributed by atoms with E-state index in [4.69, 9.17) is 9.78 Å². The average Bonchev–Trinajstić information content (AvgIpc) is 3.09. The van der Waals surface area contributed by atoms with Crippen LogP contribution in [0.4, 0.5) is 23.2 Å². The van der Waals surface area contributed by atoms with Crippen molar-refractivity contribution in [3.8, 4) is 16.8 Å². The molecular formula is C22H20F4N6O2S. The van der Waals surface area contributed by atoms with E-state index in [1.54, 1.807) is 18.2 Å². The van der Waals surface area contributed by atoms with Crippen LogP contribution in [0.25, 0.3) is 20.8 Å². The Bertz CT molecular complexity index is 1310. The van der Waals surface area contributed by atoms with Crippen LogP contribution >= 0.6 is 11.3 Å². The summed E-state index contributed by atoms with van der Waals surface area (Å²) < 4.78 is 60.3. The number of fused-ring (bicyclic) bond motifs is 1. The summed E-state index contributed by atoms with van der Waals surface area (Å²) in [5.74, 6) is -0.469. The van der Waals surface area contributed by atoms with Gasteiger partial charge in [-0.15, -0.1) is 11.3 Å². The van der Waals surface area contributed by atoms with Gasteiger partial charge < -0.3 is 20.5 Å². The number of rotatable bonds is 7. The van der Waals surface area contributed by atoms with Crippen molar-refractivity contribution in [2.45, 2.75) is 44.2 Å².